The molecule has 0 radical (unpaired) electrons. The third-order valence-corrected chi connectivity index (χ3v) is 5.25. The van der Waals surface area contributed by atoms with Crippen LogP contribution in [0.25, 0.3) is 50.2 Å². The second kappa shape index (κ2) is 6.24. The maximum atomic E-state index is 5.01. The van der Waals surface area contributed by atoms with Crippen molar-refractivity contribution in [1.29, 1.82) is 0 Å². The van der Waals surface area contributed by atoms with Crippen molar-refractivity contribution in [2.45, 2.75) is 0 Å². The van der Waals surface area contributed by atoms with Crippen molar-refractivity contribution in [3.05, 3.63) is 97.2 Å². The van der Waals surface area contributed by atoms with Gasteiger partial charge in [-0.05, 0) is 36.4 Å². The summed E-state index contributed by atoms with van der Waals surface area (Å²) in [5, 5.41) is 1.05. The Labute approximate surface area is 167 Å². The molecule has 3 heterocycles. The van der Waals surface area contributed by atoms with Gasteiger partial charge in [0, 0.05) is 22.7 Å². The van der Waals surface area contributed by atoms with Gasteiger partial charge in [0.15, 0.2) is 0 Å². The molecule has 4 nitrogen and oxygen atoms in total. The van der Waals surface area contributed by atoms with Crippen LogP contribution in [0.5, 0.6) is 0 Å². The summed E-state index contributed by atoms with van der Waals surface area (Å²) in [7, 11) is 0. The molecule has 0 unspecified atom stereocenters. The zero-order chi connectivity index (χ0) is 19.2. The van der Waals surface area contributed by atoms with Gasteiger partial charge in [-0.25, -0.2) is 9.97 Å². The van der Waals surface area contributed by atoms with Crippen molar-refractivity contribution in [3.8, 4) is 22.6 Å². The molecule has 0 atom stereocenters. The average molecular weight is 372 g/mol. The third kappa shape index (κ3) is 2.50. The first-order valence-electron chi connectivity index (χ1n) is 9.56. The summed E-state index contributed by atoms with van der Waals surface area (Å²) in [5.41, 5.74) is 7.00. The van der Waals surface area contributed by atoms with Crippen molar-refractivity contribution in [1.82, 2.24) is 19.4 Å². The van der Waals surface area contributed by atoms with E-state index in [0.717, 1.165) is 50.2 Å². The molecule has 136 valence electrons. The van der Waals surface area contributed by atoms with Gasteiger partial charge < -0.3 is 0 Å². The van der Waals surface area contributed by atoms with E-state index in [1.165, 1.54) is 0 Å². The van der Waals surface area contributed by atoms with Crippen molar-refractivity contribution in [3.63, 3.8) is 0 Å². The Balaban J connectivity index is 1.64. The first-order chi connectivity index (χ1) is 14.4. The van der Waals surface area contributed by atoms with E-state index in [1.54, 1.807) is 0 Å². The van der Waals surface area contributed by atoms with Gasteiger partial charge >= 0.3 is 0 Å². The molecule has 0 saturated heterocycles. The van der Waals surface area contributed by atoms with Crippen LogP contribution in [0.15, 0.2) is 97.2 Å². The van der Waals surface area contributed by atoms with Crippen LogP contribution < -0.4 is 0 Å². The molecule has 0 saturated carbocycles. The monoisotopic (exact) mass is 372 g/mol. The molecule has 0 fully saturated rings. The first-order valence-corrected chi connectivity index (χ1v) is 9.56. The Morgan fingerprint density at radius 3 is 2.14 bits per heavy atom. The van der Waals surface area contributed by atoms with E-state index < -0.39 is 0 Å². The van der Waals surface area contributed by atoms with Crippen molar-refractivity contribution in [2.75, 3.05) is 0 Å². The fourth-order valence-electron chi connectivity index (χ4n) is 3.86. The van der Waals surface area contributed by atoms with E-state index in [0.29, 0.717) is 0 Å². The molecule has 0 bridgehead atoms. The number of nitrogens with zero attached hydrogens (tertiary/aromatic N) is 4. The number of hydrogen-bond acceptors (Lipinski definition) is 3. The minimum Gasteiger partial charge on any atom is -0.276 e. The summed E-state index contributed by atoms with van der Waals surface area (Å²) in [6, 6.07) is 30.7. The largest absolute Gasteiger partial charge is 0.276 e. The lowest BCUT2D eigenvalue weighted by molar-refractivity contribution is 1.16. The Morgan fingerprint density at radius 2 is 1.31 bits per heavy atom. The second-order valence-corrected chi connectivity index (χ2v) is 7.00. The van der Waals surface area contributed by atoms with Crippen LogP contribution in [0.3, 0.4) is 0 Å². The normalized spacial score (nSPS) is 11.4. The van der Waals surface area contributed by atoms with Crippen molar-refractivity contribution in [2.24, 2.45) is 0 Å². The van der Waals surface area contributed by atoms with Gasteiger partial charge in [0.05, 0.1) is 22.2 Å². The van der Waals surface area contributed by atoms with E-state index in [1.807, 2.05) is 60.8 Å². The smallest absolute Gasteiger partial charge is 0.149 e. The molecule has 0 amide bonds. The molecule has 29 heavy (non-hydrogen) atoms. The van der Waals surface area contributed by atoms with Crippen LogP contribution in [0, 0.1) is 0 Å². The number of pyridine rings is 1. The highest BCUT2D eigenvalue weighted by Crippen LogP contribution is 2.30. The molecule has 0 aliphatic rings. The van der Waals surface area contributed by atoms with Gasteiger partial charge in [-0.3, -0.25) is 9.38 Å². The van der Waals surface area contributed by atoms with Crippen LogP contribution in [0.1, 0.15) is 0 Å². The van der Waals surface area contributed by atoms with E-state index in [4.69, 9.17) is 9.97 Å². The van der Waals surface area contributed by atoms with Crippen molar-refractivity contribution < 1.29 is 0 Å². The van der Waals surface area contributed by atoms with E-state index in [-0.39, 0.29) is 0 Å². The van der Waals surface area contributed by atoms with Crippen LogP contribution in [-0.2, 0) is 0 Å². The second-order valence-electron chi connectivity index (χ2n) is 7.00. The highest BCUT2D eigenvalue weighted by molar-refractivity contribution is 5.98. The fraction of sp³-hybridized carbons (Fsp3) is 0. The molecule has 4 heteroatoms. The van der Waals surface area contributed by atoms with Crippen LogP contribution in [-0.4, -0.2) is 19.4 Å². The molecule has 0 N–H and O–H groups in total. The van der Waals surface area contributed by atoms with Crippen molar-refractivity contribution >= 4 is 27.6 Å². The summed E-state index contributed by atoms with van der Waals surface area (Å²) < 4.78 is 2.16. The maximum Gasteiger partial charge on any atom is 0.149 e. The van der Waals surface area contributed by atoms with Gasteiger partial charge in [0.25, 0.3) is 0 Å². The number of benzene rings is 3. The molecular formula is C25H16N4. The molecule has 0 aliphatic carbocycles. The maximum absolute atomic E-state index is 5.01. The average Bonchev–Trinajstić information content (AvgIpc) is 3.19. The standard InChI is InChI=1S/C25H16N4/c1-2-9-21-19(7-1)25-28-22-10-3-4-11-23(22)29(25)24(27-21)18-14-12-17(13-15-18)20-8-5-6-16-26-20/h1-16H. The lowest BCUT2D eigenvalue weighted by Crippen LogP contribution is -1.98. The minimum atomic E-state index is 0.889. The quantitative estimate of drug-likeness (QED) is 0.388. The number of fused-ring (bicyclic) bond motifs is 5. The van der Waals surface area contributed by atoms with Gasteiger partial charge in [-0.1, -0.05) is 54.6 Å². The van der Waals surface area contributed by atoms with Crippen LogP contribution >= 0.6 is 0 Å². The predicted molar refractivity (Wildman–Crippen MR) is 117 cm³/mol. The number of rotatable bonds is 2. The summed E-state index contributed by atoms with van der Waals surface area (Å²) in [4.78, 5) is 14.4. The van der Waals surface area contributed by atoms with Gasteiger partial charge in [-0.15, -0.1) is 0 Å². The first kappa shape index (κ1) is 16.0. The topological polar surface area (TPSA) is 43.1 Å². The highest BCUT2D eigenvalue weighted by Gasteiger charge is 2.15. The van der Waals surface area contributed by atoms with Gasteiger partial charge in [0.1, 0.15) is 11.5 Å². The minimum absolute atomic E-state index is 0.889. The molecule has 6 aromatic rings. The lowest BCUT2D eigenvalue weighted by Gasteiger charge is -2.10. The molecule has 6 rings (SSSR count). The molecular weight excluding hydrogens is 356 g/mol. The molecule has 3 aromatic heterocycles. The number of para-hydroxylation sites is 3. The zero-order valence-corrected chi connectivity index (χ0v) is 15.5. The molecule has 0 aliphatic heterocycles. The predicted octanol–water partition coefficient (Wildman–Crippen LogP) is 5.76. The van der Waals surface area contributed by atoms with E-state index >= 15 is 0 Å². The Hall–Kier alpha value is -4.05. The SMILES string of the molecule is c1ccc(-c2ccc(-c3nc4ccccc4c4nc5ccccc5n34)cc2)nc1. The van der Waals surface area contributed by atoms with Gasteiger partial charge in [-0.2, -0.15) is 0 Å². The van der Waals surface area contributed by atoms with E-state index in [9.17, 15) is 0 Å². The third-order valence-electron chi connectivity index (χ3n) is 5.25. The van der Waals surface area contributed by atoms with E-state index in [2.05, 4.69) is 45.8 Å². The number of imidazole rings is 1. The Bertz CT molecular complexity index is 1480. The summed E-state index contributed by atoms with van der Waals surface area (Å²) in [5.74, 6) is 0.889. The fourth-order valence-corrected chi connectivity index (χ4v) is 3.86. The highest BCUT2D eigenvalue weighted by atomic mass is 15.1. The Kier molecular flexibility index (Phi) is 3.43. The lowest BCUT2D eigenvalue weighted by atomic mass is 10.1. The van der Waals surface area contributed by atoms with Crippen LogP contribution in [0.4, 0.5) is 0 Å². The zero-order valence-electron chi connectivity index (χ0n) is 15.5. The number of hydrogen-bond donors (Lipinski definition) is 0. The molecule has 3 aromatic carbocycles. The van der Waals surface area contributed by atoms with Crippen LogP contribution in [0.2, 0.25) is 0 Å². The molecule has 0 spiro atoms. The van der Waals surface area contributed by atoms with Gasteiger partial charge in [0.2, 0.25) is 0 Å². The summed E-state index contributed by atoms with van der Waals surface area (Å²) in [6.45, 7) is 0. The summed E-state index contributed by atoms with van der Waals surface area (Å²) in [6.07, 6.45) is 1.81. The number of aromatic nitrogens is 4. The Morgan fingerprint density at radius 1 is 0.586 bits per heavy atom. The summed E-state index contributed by atoms with van der Waals surface area (Å²) >= 11 is 0.